The second kappa shape index (κ2) is 10.5. The van der Waals surface area contributed by atoms with E-state index >= 15 is 0 Å². The normalized spacial score (nSPS) is 13.0. The van der Waals surface area contributed by atoms with Gasteiger partial charge >= 0.3 is 0 Å². The number of nitrogens with two attached hydrogens (primary N) is 1. The molecule has 0 fully saturated rings. The van der Waals surface area contributed by atoms with Crippen LogP contribution in [0.5, 0.6) is 0 Å². The van der Waals surface area contributed by atoms with Gasteiger partial charge in [-0.2, -0.15) is 0 Å². The molecule has 2 unspecified atom stereocenters. The zero-order valence-corrected chi connectivity index (χ0v) is 15.2. The molecule has 0 radical (unpaired) electrons. The Bertz CT molecular complexity index is 505. The van der Waals surface area contributed by atoms with Crippen molar-refractivity contribution in [1.82, 2.24) is 10.6 Å². The summed E-state index contributed by atoms with van der Waals surface area (Å²) in [6.07, 6.45) is 0.696. The van der Waals surface area contributed by atoms with Crippen molar-refractivity contribution in [3.63, 3.8) is 0 Å². The molecule has 2 atom stereocenters. The lowest BCUT2D eigenvalue weighted by molar-refractivity contribution is -0.123. The molecule has 1 aromatic carbocycles. The van der Waals surface area contributed by atoms with E-state index in [9.17, 15) is 9.59 Å². The molecule has 0 aliphatic heterocycles. The van der Waals surface area contributed by atoms with Crippen LogP contribution >= 0.6 is 24.0 Å². The highest BCUT2D eigenvalue weighted by Crippen LogP contribution is 2.10. The molecular weight excluding hydrogens is 337 g/mol. The van der Waals surface area contributed by atoms with E-state index in [-0.39, 0.29) is 36.2 Å². The van der Waals surface area contributed by atoms with Gasteiger partial charge in [0.15, 0.2) is 0 Å². The van der Waals surface area contributed by atoms with Crippen molar-refractivity contribution < 1.29 is 9.59 Å². The maximum Gasteiger partial charge on any atom is 0.251 e. The summed E-state index contributed by atoms with van der Waals surface area (Å²) in [6, 6.07) is 5.98. The summed E-state index contributed by atoms with van der Waals surface area (Å²) in [6.45, 7) is 6.15. The molecule has 0 aliphatic rings. The third-order valence-electron chi connectivity index (χ3n) is 3.24. The van der Waals surface area contributed by atoms with Crippen LogP contribution in [0.3, 0.4) is 0 Å². The number of hydrogen-bond acceptors (Lipinski definition) is 3. The first kappa shape index (κ1) is 21.7. The number of rotatable bonds is 7. The Hall–Kier alpha value is -1.30. The molecule has 130 valence electrons. The first-order valence-corrected chi connectivity index (χ1v) is 7.78. The fraction of sp³-hybridized carbons (Fsp3) is 0.500. The smallest absolute Gasteiger partial charge is 0.251 e. The minimum atomic E-state index is -0.587. The Kier molecular flexibility index (Phi) is 9.88. The van der Waals surface area contributed by atoms with Gasteiger partial charge < -0.3 is 16.4 Å². The minimum absolute atomic E-state index is 0. The molecule has 0 aromatic heterocycles. The third-order valence-corrected chi connectivity index (χ3v) is 3.49. The zero-order chi connectivity index (χ0) is 16.7. The van der Waals surface area contributed by atoms with E-state index in [4.69, 9.17) is 17.3 Å². The molecule has 1 aromatic rings. The molecule has 0 bridgehead atoms. The monoisotopic (exact) mass is 361 g/mol. The highest BCUT2D eigenvalue weighted by atomic mass is 35.5. The minimum Gasteiger partial charge on any atom is -0.354 e. The first-order chi connectivity index (χ1) is 10.3. The number of carbonyl (C=O) groups excluding carboxylic acids is 2. The summed E-state index contributed by atoms with van der Waals surface area (Å²) in [7, 11) is 0. The number of carbonyl (C=O) groups is 2. The van der Waals surface area contributed by atoms with Crippen LogP contribution in [-0.4, -0.2) is 30.4 Å². The van der Waals surface area contributed by atoms with Gasteiger partial charge in [-0.15, -0.1) is 12.4 Å². The molecular formula is C16H25Cl2N3O2. The molecule has 0 heterocycles. The van der Waals surface area contributed by atoms with Crippen LogP contribution in [0.2, 0.25) is 5.02 Å². The van der Waals surface area contributed by atoms with E-state index in [0.29, 0.717) is 23.6 Å². The van der Waals surface area contributed by atoms with Gasteiger partial charge in [-0.05, 0) is 43.5 Å². The summed E-state index contributed by atoms with van der Waals surface area (Å²) < 4.78 is 0. The Morgan fingerprint density at radius 1 is 1.17 bits per heavy atom. The van der Waals surface area contributed by atoms with Gasteiger partial charge in [0.25, 0.3) is 5.91 Å². The van der Waals surface area contributed by atoms with Gasteiger partial charge in [0, 0.05) is 23.2 Å². The van der Waals surface area contributed by atoms with Gasteiger partial charge in [-0.1, -0.05) is 25.4 Å². The van der Waals surface area contributed by atoms with Gasteiger partial charge in [0.1, 0.15) is 6.04 Å². The lowest BCUT2D eigenvalue weighted by Crippen LogP contribution is -2.50. The van der Waals surface area contributed by atoms with Crippen LogP contribution in [0.15, 0.2) is 24.3 Å². The van der Waals surface area contributed by atoms with E-state index in [1.807, 2.05) is 20.8 Å². The Balaban J connectivity index is 0.00000484. The van der Waals surface area contributed by atoms with Crippen LogP contribution in [0.25, 0.3) is 0 Å². The highest BCUT2D eigenvalue weighted by molar-refractivity contribution is 6.30. The van der Waals surface area contributed by atoms with Crippen molar-refractivity contribution in [2.24, 2.45) is 11.7 Å². The molecule has 0 saturated carbocycles. The maximum absolute atomic E-state index is 12.2. The van der Waals surface area contributed by atoms with Crippen LogP contribution < -0.4 is 16.4 Å². The van der Waals surface area contributed by atoms with Crippen LogP contribution in [0, 0.1) is 5.92 Å². The molecule has 23 heavy (non-hydrogen) atoms. The van der Waals surface area contributed by atoms with Crippen LogP contribution in [0.4, 0.5) is 0 Å². The van der Waals surface area contributed by atoms with E-state index < -0.39 is 6.04 Å². The van der Waals surface area contributed by atoms with E-state index in [2.05, 4.69) is 10.6 Å². The van der Waals surface area contributed by atoms with E-state index in [1.54, 1.807) is 24.3 Å². The van der Waals surface area contributed by atoms with Crippen molar-refractivity contribution in [2.75, 3.05) is 6.54 Å². The van der Waals surface area contributed by atoms with Crippen LogP contribution in [0.1, 0.15) is 37.6 Å². The summed E-state index contributed by atoms with van der Waals surface area (Å²) in [5, 5.41) is 6.13. The number of hydrogen-bond donors (Lipinski definition) is 3. The predicted molar refractivity (Wildman–Crippen MR) is 96.1 cm³/mol. The van der Waals surface area contributed by atoms with Crippen molar-refractivity contribution >= 4 is 35.8 Å². The highest BCUT2D eigenvalue weighted by Gasteiger charge is 2.24. The second-order valence-corrected chi connectivity index (χ2v) is 6.20. The fourth-order valence-corrected chi connectivity index (χ4v) is 2.02. The predicted octanol–water partition coefficient (Wildman–Crippen LogP) is 2.37. The number of halogens is 2. The van der Waals surface area contributed by atoms with Gasteiger partial charge in [-0.25, -0.2) is 0 Å². The van der Waals surface area contributed by atoms with Crippen molar-refractivity contribution in [1.29, 1.82) is 0 Å². The second-order valence-electron chi connectivity index (χ2n) is 5.76. The topological polar surface area (TPSA) is 84.2 Å². The summed E-state index contributed by atoms with van der Waals surface area (Å²) in [5.41, 5.74) is 6.12. The zero-order valence-electron chi connectivity index (χ0n) is 13.6. The van der Waals surface area contributed by atoms with Gasteiger partial charge in [0.2, 0.25) is 5.91 Å². The third kappa shape index (κ3) is 7.68. The molecule has 0 aliphatic carbocycles. The SMILES string of the molecule is CC(N)CCNC(=O)C(NC(=O)c1ccc(Cl)cc1)C(C)C.Cl. The van der Waals surface area contributed by atoms with Gasteiger partial charge in [0.05, 0.1) is 0 Å². The molecule has 0 saturated heterocycles. The van der Waals surface area contributed by atoms with Crippen molar-refractivity contribution in [3.8, 4) is 0 Å². The van der Waals surface area contributed by atoms with Crippen molar-refractivity contribution in [3.05, 3.63) is 34.9 Å². The lowest BCUT2D eigenvalue weighted by atomic mass is 10.0. The number of amides is 2. The summed E-state index contributed by atoms with van der Waals surface area (Å²) in [4.78, 5) is 24.4. The molecule has 7 heteroatoms. The summed E-state index contributed by atoms with van der Waals surface area (Å²) >= 11 is 5.80. The molecule has 2 amide bonds. The fourth-order valence-electron chi connectivity index (χ4n) is 1.89. The van der Waals surface area contributed by atoms with Crippen LogP contribution in [-0.2, 0) is 4.79 Å². The van der Waals surface area contributed by atoms with Gasteiger partial charge in [-0.3, -0.25) is 9.59 Å². The molecule has 5 nitrogen and oxygen atoms in total. The Morgan fingerprint density at radius 3 is 2.22 bits per heavy atom. The maximum atomic E-state index is 12.2. The average molecular weight is 362 g/mol. The number of benzene rings is 1. The molecule has 1 rings (SSSR count). The molecule has 4 N–H and O–H groups in total. The summed E-state index contributed by atoms with van der Waals surface area (Å²) in [5.74, 6) is -0.512. The van der Waals surface area contributed by atoms with E-state index in [1.165, 1.54) is 0 Å². The number of nitrogens with one attached hydrogen (secondary N) is 2. The average Bonchev–Trinajstić information content (AvgIpc) is 2.44. The standard InChI is InChI=1S/C16H24ClN3O2.ClH/c1-10(2)14(16(22)19-9-8-11(3)18)20-15(21)12-4-6-13(17)7-5-12;/h4-7,10-11,14H,8-9,18H2,1-3H3,(H,19,22)(H,20,21);1H. The molecule has 0 spiro atoms. The largest absolute Gasteiger partial charge is 0.354 e. The Labute approximate surface area is 148 Å². The quantitative estimate of drug-likeness (QED) is 0.696. The van der Waals surface area contributed by atoms with E-state index in [0.717, 1.165) is 0 Å². The lowest BCUT2D eigenvalue weighted by Gasteiger charge is -2.22. The Morgan fingerprint density at radius 2 is 1.74 bits per heavy atom. The first-order valence-electron chi connectivity index (χ1n) is 7.41. The van der Waals surface area contributed by atoms with Crippen molar-refractivity contribution in [2.45, 2.75) is 39.3 Å².